The number of rotatable bonds is 4. The molecule has 4 rings (SSSR count). The van der Waals surface area contributed by atoms with Gasteiger partial charge in [-0.25, -0.2) is 9.59 Å². The highest BCUT2D eigenvalue weighted by Gasteiger charge is 2.42. The second-order valence-corrected chi connectivity index (χ2v) is 6.35. The predicted octanol–water partition coefficient (Wildman–Crippen LogP) is 0.933. The number of imide groups is 2. The van der Waals surface area contributed by atoms with Gasteiger partial charge >= 0.3 is 11.9 Å². The largest absolute Gasteiger partial charge is 0.478 e. The fraction of sp³-hybridized carbons (Fsp3) is 0.0526. The molecule has 0 saturated heterocycles. The smallest absolute Gasteiger partial charge is 0.335 e. The van der Waals surface area contributed by atoms with E-state index >= 15 is 0 Å². The van der Waals surface area contributed by atoms with E-state index in [1.54, 1.807) is 0 Å². The molecule has 0 unspecified atom stereocenters. The summed E-state index contributed by atoms with van der Waals surface area (Å²) in [6, 6.07) is 6.84. The number of carboxylic acids is 2. The molecular formula is C19H10N2O8. The van der Waals surface area contributed by atoms with E-state index in [0.29, 0.717) is 9.80 Å². The van der Waals surface area contributed by atoms with Crippen LogP contribution in [0.5, 0.6) is 0 Å². The Hall–Kier alpha value is -4.34. The average Bonchev–Trinajstić information content (AvgIpc) is 3.08. The fourth-order valence-electron chi connectivity index (χ4n) is 3.25. The van der Waals surface area contributed by atoms with Crippen molar-refractivity contribution in [1.82, 2.24) is 9.80 Å². The molecule has 29 heavy (non-hydrogen) atoms. The van der Waals surface area contributed by atoms with Crippen molar-refractivity contribution in [1.29, 1.82) is 0 Å². The Balaban J connectivity index is 1.64. The quantitative estimate of drug-likeness (QED) is 0.727. The summed E-state index contributed by atoms with van der Waals surface area (Å²) < 4.78 is 0. The van der Waals surface area contributed by atoms with Crippen molar-refractivity contribution in [3.63, 3.8) is 0 Å². The molecular weight excluding hydrogens is 384 g/mol. The van der Waals surface area contributed by atoms with E-state index in [-0.39, 0.29) is 33.4 Å². The number of hydrogen-bond donors (Lipinski definition) is 2. The minimum absolute atomic E-state index is 0.0372. The van der Waals surface area contributed by atoms with Gasteiger partial charge in [0, 0.05) is 0 Å². The molecule has 0 bridgehead atoms. The maximum Gasteiger partial charge on any atom is 0.335 e. The Kier molecular flexibility index (Phi) is 3.79. The maximum absolute atomic E-state index is 12.6. The minimum atomic E-state index is -1.28. The summed E-state index contributed by atoms with van der Waals surface area (Å²) in [5.41, 5.74) is -0.726. The molecule has 10 heteroatoms. The number of hydrogen-bond acceptors (Lipinski definition) is 6. The van der Waals surface area contributed by atoms with E-state index in [0.717, 1.165) is 12.1 Å². The van der Waals surface area contributed by atoms with Crippen LogP contribution in [0.4, 0.5) is 0 Å². The van der Waals surface area contributed by atoms with Gasteiger partial charge in [0.05, 0.1) is 33.4 Å². The number of fused-ring (bicyclic) bond motifs is 2. The Morgan fingerprint density at radius 2 is 0.966 bits per heavy atom. The number of aromatic carboxylic acids is 2. The second-order valence-electron chi connectivity index (χ2n) is 6.35. The molecule has 2 aromatic rings. The third kappa shape index (κ3) is 2.57. The van der Waals surface area contributed by atoms with Gasteiger partial charge in [0.1, 0.15) is 6.67 Å². The second kappa shape index (κ2) is 6.09. The first kappa shape index (κ1) is 18.0. The topological polar surface area (TPSA) is 149 Å². The molecule has 0 fully saturated rings. The van der Waals surface area contributed by atoms with Crippen LogP contribution in [0.25, 0.3) is 0 Å². The van der Waals surface area contributed by atoms with Crippen LogP contribution in [-0.2, 0) is 0 Å². The van der Waals surface area contributed by atoms with Gasteiger partial charge < -0.3 is 10.2 Å². The Labute approximate surface area is 161 Å². The highest BCUT2D eigenvalue weighted by atomic mass is 16.4. The Morgan fingerprint density at radius 3 is 1.31 bits per heavy atom. The van der Waals surface area contributed by atoms with E-state index in [9.17, 15) is 28.8 Å². The zero-order valence-electron chi connectivity index (χ0n) is 14.4. The number of carboxylic acid groups (broad SMARTS) is 2. The first-order chi connectivity index (χ1) is 13.7. The lowest BCUT2D eigenvalue weighted by molar-refractivity contribution is 0.0469. The Morgan fingerprint density at radius 1 is 0.621 bits per heavy atom. The third-order valence-corrected chi connectivity index (χ3v) is 4.72. The van der Waals surface area contributed by atoms with Crippen LogP contribution >= 0.6 is 0 Å². The molecule has 4 amide bonds. The molecule has 2 heterocycles. The maximum atomic E-state index is 12.6. The molecule has 0 aliphatic carbocycles. The van der Waals surface area contributed by atoms with Crippen molar-refractivity contribution >= 4 is 35.6 Å². The summed E-state index contributed by atoms with van der Waals surface area (Å²) in [5, 5.41) is 18.1. The van der Waals surface area contributed by atoms with Gasteiger partial charge in [-0.1, -0.05) is 0 Å². The average molecular weight is 394 g/mol. The van der Waals surface area contributed by atoms with Crippen LogP contribution in [-0.4, -0.2) is 62.2 Å². The molecule has 0 aromatic heterocycles. The third-order valence-electron chi connectivity index (χ3n) is 4.72. The number of nitrogens with zero attached hydrogens (tertiary/aromatic N) is 2. The minimum Gasteiger partial charge on any atom is -0.478 e. The number of carbonyl (C=O) groups is 6. The first-order valence-electron chi connectivity index (χ1n) is 8.17. The first-order valence-corrected chi connectivity index (χ1v) is 8.17. The van der Waals surface area contributed by atoms with Crippen LogP contribution in [0, 0.1) is 0 Å². The zero-order valence-corrected chi connectivity index (χ0v) is 14.4. The van der Waals surface area contributed by atoms with Gasteiger partial charge in [-0.05, 0) is 36.4 Å². The van der Waals surface area contributed by atoms with E-state index < -0.39 is 42.2 Å². The summed E-state index contributed by atoms with van der Waals surface area (Å²) in [6.45, 7) is -0.677. The zero-order chi connectivity index (χ0) is 21.0. The van der Waals surface area contributed by atoms with Crippen molar-refractivity contribution in [3.05, 3.63) is 69.8 Å². The van der Waals surface area contributed by atoms with Gasteiger partial charge in [-0.15, -0.1) is 0 Å². The summed E-state index contributed by atoms with van der Waals surface area (Å²) in [5.74, 6) is -5.77. The molecule has 10 nitrogen and oxygen atoms in total. The molecule has 0 saturated carbocycles. The molecule has 2 aliphatic rings. The number of benzene rings is 2. The highest BCUT2D eigenvalue weighted by Crippen LogP contribution is 2.28. The van der Waals surface area contributed by atoms with E-state index in [2.05, 4.69) is 0 Å². The van der Waals surface area contributed by atoms with Crippen LogP contribution in [0.3, 0.4) is 0 Å². The fourth-order valence-corrected chi connectivity index (χ4v) is 3.25. The molecule has 2 N–H and O–H groups in total. The summed E-state index contributed by atoms with van der Waals surface area (Å²) in [6.07, 6.45) is 0. The normalized spacial score (nSPS) is 15.0. The van der Waals surface area contributed by atoms with Gasteiger partial charge in [-0.2, -0.15) is 0 Å². The molecule has 0 atom stereocenters. The van der Waals surface area contributed by atoms with E-state index in [1.165, 1.54) is 24.3 Å². The molecule has 2 aromatic carbocycles. The van der Waals surface area contributed by atoms with Gasteiger partial charge in [-0.3, -0.25) is 29.0 Å². The summed E-state index contributed by atoms with van der Waals surface area (Å²) in [4.78, 5) is 73.7. The van der Waals surface area contributed by atoms with Crippen LogP contribution in [0.1, 0.15) is 62.1 Å². The standard InChI is InChI=1S/C19H10N2O8/c22-14-10-3-1-8(18(26)27)5-12(10)16(24)20(14)7-21-15(23)11-4-2-9(19(28)29)6-13(11)17(21)25/h1-6H,7H2,(H,26,27)(H,28,29). The van der Waals surface area contributed by atoms with E-state index in [4.69, 9.17) is 10.2 Å². The molecule has 144 valence electrons. The van der Waals surface area contributed by atoms with Gasteiger partial charge in [0.2, 0.25) is 0 Å². The van der Waals surface area contributed by atoms with E-state index in [1.807, 2.05) is 0 Å². The summed E-state index contributed by atoms with van der Waals surface area (Å²) in [7, 11) is 0. The summed E-state index contributed by atoms with van der Waals surface area (Å²) >= 11 is 0. The van der Waals surface area contributed by atoms with Crippen molar-refractivity contribution < 1.29 is 39.0 Å². The van der Waals surface area contributed by atoms with Crippen LogP contribution in [0.2, 0.25) is 0 Å². The van der Waals surface area contributed by atoms with Crippen molar-refractivity contribution in [2.24, 2.45) is 0 Å². The predicted molar refractivity (Wildman–Crippen MR) is 92.7 cm³/mol. The molecule has 0 spiro atoms. The Bertz CT molecular complexity index is 1090. The molecule has 0 radical (unpaired) electrons. The number of carbonyl (C=O) groups excluding carboxylic acids is 4. The van der Waals surface area contributed by atoms with Crippen LogP contribution < -0.4 is 0 Å². The lowest BCUT2D eigenvalue weighted by Gasteiger charge is -2.20. The number of amides is 4. The SMILES string of the molecule is O=C(O)c1ccc2c(c1)C(=O)N(CN1C(=O)c3ccc(C(=O)O)cc3C1=O)C2=O. The van der Waals surface area contributed by atoms with Gasteiger partial charge in [0.25, 0.3) is 23.6 Å². The highest BCUT2D eigenvalue weighted by molar-refractivity contribution is 6.24. The van der Waals surface area contributed by atoms with Crippen molar-refractivity contribution in [3.8, 4) is 0 Å². The van der Waals surface area contributed by atoms with Crippen LogP contribution in [0.15, 0.2) is 36.4 Å². The van der Waals surface area contributed by atoms with Crippen molar-refractivity contribution in [2.45, 2.75) is 0 Å². The lowest BCUT2D eigenvalue weighted by atomic mass is 10.1. The monoisotopic (exact) mass is 394 g/mol. The van der Waals surface area contributed by atoms with Crippen molar-refractivity contribution in [2.75, 3.05) is 6.67 Å². The molecule has 2 aliphatic heterocycles. The lowest BCUT2D eigenvalue weighted by Crippen LogP contribution is -2.43. The van der Waals surface area contributed by atoms with Gasteiger partial charge in [0.15, 0.2) is 0 Å².